The normalized spacial score (nSPS) is 11.4. The highest BCUT2D eigenvalue weighted by atomic mass is 35.5. The highest BCUT2D eigenvalue weighted by Gasteiger charge is 2.17. The molecule has 2 aromatic rings. The van der Waals surface area contributed by atoms with Crippen LogP contribution in [0.1, 0.15) is 42.3 Å². The van der Waals surface area contributed by atoms with Crippen molar-refractivity contribution in [2.75, 3.05) is 0 Å². The molecule has 0 aliphatic heterocycles. The van der Waals surface area contributed by atoms with Crippen LogP contribution in [0.2, 0.25) is 5.02 Å². The fourth-order valence-corrected chi connectivity index (χ4v) is 2.14. The standard InChI is InChI=1S/C17H17ClO2/c1-17(2,3)12-6-4-11(5-7-12)16(20)14-10-13(18)8-9-15(14)19/h4-10,19H,1-3H3. The average Bonchev–Trinajstić information content (AvgIpc) is 2.40. The molecule has 0 fully saturated rings. The molecule has 0 heterocycles. The summed E-state index contributed by atoms with van der Waals surface area (Å²) < 4.78 is 0. The fraction of sp³-hybridized carbons (Fsp3) is 0.235. The molecule has 2 nitrogen and oxygen atoms in total. The summed E-state index contributed by atoms with van der Waals surface area (Å²) in [6, 6.07) is 11.9. The molecule has 3 heteroatoms. The van der Waals surface area contributed by atoms with Gasteiger partial charge in [-0.3, -0.25) is 4.79 Å². The highest BCUT2D eigenvalue weighted by Crippen LogP contribution is 2.26. The van der Waals surface area contributed by atoms with Crippen LogP contribution in [0.25, 0.3) is 0 Å². The van der Waals surface area contributed by atoms with E-state index in [0.717, 1.165) is 5.56 Å². The van der Waals surface area contributed by atoms with Crippen molar-refractivity contribution in [3.63, 3.8) is 0 Å². The van der Waals surface area contributed by atoms with Gasteiger partial charge in [-0.25, -0.2) is 0 Å². The largest absolute Gasteiger partial charge is 0.507 e. The second-order valence-electron chi connectivity index (χ2n) is 5.82. The van der Waals surface area contributed by atoms with Gasteiger partial charge >= 0.3 is 0 Å². The van der Waals surface area contributed by atoms with E-state index in [4.69, 9.17) is 11.6 Å². The molecule has 0 amide bonds. The second kappa shape index (κ2) is 5.29. The third-order valence-corrected chi connectivity index (χ3v) is 3.45. The van der Waals surface area contributed by atoms with Crippen LogP contribution >= 0.6 is 11.6 Å². The summed E-state index contributed by atoms with van der Waals surface area (Å²) in [5.41, 5.74) is 1.96. The molecule has 0 atom stereocenters. The first kappa shape index (κ1) is 14.6. The Balaban J connectivity index is 2.37. The lowest BCUT2D eigenvalue weighted by Crippen LogP contribution is -2.11. The molecule has 0 bridgehead atoms. The highest BCUT2D eigenvalue weighted by molar-refractivity contribution is 6.31. The van der Waals surface area contributed by atoms with Crippen molar-refractivity contribution in [3.8, 4) is 5.75 Å². The molecular weight excluding hydrogens is 272 g/mol. The summed E-state index contributed by atoms with van der Waals surface area (Å²) in [6.45, 7) is 6.35. The minimum Gasteiger partial charge on any atom is -0.507 e. The number of hydrogen-bond acceptors (Lipinski definition) is 2. The van der Waals surface area contributed by atoms with Crippen LogP contribution in [-0.4, -0.2) is 10.9 Å². The van der Waals surface area contributed by atoms with Gasteiger partial charge < -0.3 is 5.11 Å². The lowest BCUT2D eigenvalue weighted by atomic mass is 9.86. The molecular formula is C17H17ClO2. The topological polar surface area (TPSA) is 37.3 Å². The van der Waals surface area contributed by atoms with Crippen molar-refractivity contribution in [1.82, 2.24) is 0 Å². The molecule has 104 valence electrons. The third-order valence-electron chi connectivity index (χ3n) is 3.22. The Morgan fingerprint density at radius 3 is 2.20 bits per heavy atom. The number of benzene rings is 2. The number of ketones is 1. The zero-order valence-corrected chi connectivity index (χ0v) is 12.5. The van der Waals surface area contributed by atoms with Crippen LogP contribution in [0.4, 0.5) is 0 Å². The van der Waals surface area contributed by atoms with Crippen molar-refractivity contribution < 1.29 is 9.90 Å². The van der Waals surface area contributed by atoms with E-state index in [-0.39, 0.29) is 22.5 Å². The summed E-state index contributed by atoms with van der Waals surface area (Å²) >= 11 is 5.87. The Labute approximate surface area is 124 Å². The number of hydrogen-bond donors (Lipinski definition) is 1. The van der Waals surface area contributed by atoms with E-state index in [2.05, 4.69) is 20.8 Å². The molecule has 20 heavy (non-hydrogen) atoms. The SMILES string of the molecule is CC(C)(C)c1ccc(C(=O)c2cc(Cl)ccc2O)cc1. The summed E-state index contributed by atoms with van der Waals surface area (Å²) in [6.07, 6.45) is 0. The minimum atomic E-state index is -0.231. The van der Waals surface area contributed by atoms with Crippen molar-refractivity contribution >= 4 is 17.4 Å². The zero-order chi connectivity index (χ0) is 14.9. The maximum atomic E-state index is 12.4. The number of aromatic hydroxyl groups is 1. The quantitative estimate of drug-likeness (QED) is 0.822. The Kier molecular flexibility index (Phi) is 3.87. The molecule has 2 rings (SSSR count). The lowest BCUT2D eigenvalue weighted by Gasteiger charge is -2.19. The number of carbonyl (C=O) groups is 1. The van der Waals surface area contributed by atoms with Crippen LogP contribution in [0, 0.1) is 0 Å². The summed E-state index contributed by atoms with van der Waals surface area (Å²) in [5.74, 6) is -0.287. The number of phenolic OH excluding ortho intramolecular Hbond substituents is 1. The van der Waals surface area contributed by atoms with E-state index in [9.17, 15) is 9.90 Å². The zero-order valence-electron chi connectivity index (χ0n) is 11.8. The molecule has 0 aliphatic rings. The van der Waals surface area contributed by atoms with Crippen molar-refractivity contribution in [3.05, 3.63) is 64.2 Å². The van der Waals surface area contributed by atoms with E-state index >= 15 is 0 Å². The summed E-state index contributed by atoms with van der Waals surface area (Å²) in [5, 5.41) is 10.2. The van der Waals surface area contributed by atoms with Gasteiger partial charge in [-0.15, -0.1) is 0 Å². The van der Waals surface area contributed by atoms with Gasteiger partial charge in [-0.1, -0.05) is 56.6 Å². The van der Waals surface area contributed by atoms with Crippen LogP contribution in [-0.2, 0) is 5.41 Å². The predicted molar refractivity (Wildman–Crippen MR) is 81.7 cm³/mol. The molecule has 0 aromatic heterocycles. The number of carbonyl (C=O) groups excluding carboxylic acids is 1. The van der Waals surface area contributed by atoms with Gasteiger partial charge in [0.25, 0.3) is 0 Å². The van der Waals surface area contributed by atoms with E-state index in [0.29, 0.717) is 10.6 Å². The minimum absolute atomic E-state index is 0.0414. The second-order valence-corrected chi connectivity index (χ2v) is 6.25. The monoisotopic (exact) mass is 288 g/mol. The average molecular weight is 289 g/mol. The van der Waals surface area contributed by atoms with E-state index in [1.807, 2.05) is 12.1 Å². The first-order valence-electron chi connectivity index (χ1n) is 6.43. The molecule has 0 aliphatic carbocycles. The summed E-state index contributed by atoms with van der Waals surface area (Å²) in [7, 11) is 0. The predicted octanol–water partition coefficient (Wildman–Crippen LogP) is 4.57. The van der Waals surface area contributed by atoms with Crippen molar-refractivity contribution in [2.45, 2.75) is 26.2 Å². The molecule has 0 saturated carbocycles. The summed E-state index contributed by atoms with van der Waals surface area (Å²) in [4.78, 5) is 12.4. The maximum Gasteiger partial charge on any atom is 0.196 e. The van der Waals surface area contributed by atoms with Crippen molar-refractivity contribution in [1.29, 1.82) is 0 Å². The van der Waals surface area contributed by atoms with Gasteiger partial charge in [0.1, 0.15) is 5.75 Å². The number of phenols is 1. The maximum absolute atomic E-state index is 12.4. The smallest absolute Gasteiger partial charge is 0.196 e. The Hall–Kier alpha value is -1.80. The molecule has 1 N–H and O–H groups in total. The first-order chi connectivity index (χ1) is 9.29. The fourth-order valence-electron chi connectivity index (χ4n) is 1.97. The van der Waals surface area contributed by atoms with Gasteiger partial charge in [0.05, 0.1) is 5.56 Å². The van der Waals surface area contributed by atoms with Crippen molar-refractivity contribution in [2.24, 2.45) is 0 Å². The van der Waals surface area contributed by atoms with Gasteiger partial charge in [-0.2, -0.15) is 0 Å². The molecule has 0 saturated heterocycles. The van der Waals surface area contributed by atoms with E-state index in [1.165, 1.54) is 12.1 Å². The molecule has 0 unspecified atom stereocenters. The molecule has 0 radical (unpaired) electrons. The van der Waals surface area contributed by atoms with Crippen LogP contribution < -0.4 is 0 Å². The Bertz CT molecular complexity index is 637. The van der Waals surface area contributed by atoms with Gasteiger partial charge in [-0.05, 0) is 29.2 Å². The van der Waals surface area contributed by atoms with E-state index in [1.54, 1.807) is 18.2 Å². The van der Waals surface area contributed by atoms with Crippen LogP contribution in [0.5, 0.6) is 5.75 Å². The number of halogens is 1. The lowest BCUT2D eigenvalue weighted by molar-refractivity contribution is 0.103. The van der Waals surface area contributed by atoms with Crippen LogP contribution in [0.3, 0.4) is 0 Å². The third kappa shape index (κ3) is 3.02. The Morgan fingerprint density at radius 1 is 1.05 bits per heavy atom. The van der Waals surface area contributed by atoms with Gasteiger partial charge in [0.15, 0.2) is 5.78 Å². The van der Waals surface area contributed by atoms with E-state index < -0.39 is 0 Å². The Morgan fingerprint density at radius 2 is 1.65 bits per heavy atom. The first-order valence-corrected chi connectivity index (χ1v) is 6.80. The molecule has 2 aromatic carbocycles. The van der Waals surface area contributed by atoms with Gasteiger partial charge in [0, 0.05) is 10.6 Å². The van der Waals surface area contributed by atoms with Gasteiger partial charge in [0.2, 0.25) is 0 Å². The molecule has 0 spiro atoms. The number of rotatable bonds is 2. The van der Waals surface area contributed by atoms with Crippen LogP contribution in [0.15, 0.2) is 42.5 Å².